The minimum atomic E-state index is 0.105. The van der Waals surface area contributed by atoms with Crippen LogP contribution in [0.1, 0.15) is 62.8 Å². The van der Waals surface area contributed by atoms with Crippen LogP contribution in [0.2, 0.25) is 5.02 Å². The van der Waals surface area contributed by atoms with Crippen LogP contribution in [-0.2, 0) is 16.2 Å². The molecule has 0 fully saturated rings. The highest BCUT2D eigenvalue weighted by Crippen LogP contribution is 2.62. The summed E-state index contributed by atoms with van der Waals surface area (Å²) in [7, 11) is 0. The zero-order chi connectivity index (χ0) is 19.7. The van der Waals surface area contributed by atoms with Gasteiger partial charge in [-0.15, -0.1) is 0 Å². The maximum Gasteiger partial charge on any atom is 0.0412 e. The smallest absolute Gasteiger partial charge is 0.0412 e. The predicted molar refractivity (Wildman–Crippen MR) is 119 cm³/mol. The molecule has 2 aliphatic carbocycles. The van der Waals surface area contributed by atoms with Gasteiger partial charge in [-0.1, -0.05) is 87.8 Å². The van der Waals surface area contributed by atoms with Crippen LogP contribution in [0.25, 0.3) is 11.1 Å². The molecule has 0 aromatic heterocycles. The molecular formula is C27H27Cl. The summed E-state index contributed by atoms with van der Waals surface area (Å²) < 4.78 is 0. The highest BCUT2D eigenvalue weighted by Gasteiger charge is 2.55. The molecule has 0 heterocycles. The van der Waals surface area contributed by atoms with Crippen molar-refractivity contribution in [2.75, 3.05) is 0 Å². The van der Waals surface area contributed by atoms with Gasteiger partial charge in [-0.3, -0.25) is 0 Å². The molecule has 0 nitrogen and oxygen atoms in total. The Morgan fingerprint density at radius 1 is 0.607 bits per heavy atom. The summed E-state index contributed by atoms with van der Waals surface area (Å²) in [5, 5.41) is 0.792. The Morgan fingerprint density at radius 2 is 1.21 bits per heavy atom. The molecule has 5 rings (SSSR count). The lowest BCUT2D eigenvalue weighted by molar-refractivity contribution is 0.349. The van der Waals surface area contributed by atoms with Gasteiger partial charge in [0.2, 0.25) is 0 Å². The third kappa shape index (κ3) is 2.44. The zero-order valence-electron chi connectivity index (χ0n) is 17.1. The summed E-state index contributed by atoms with van der Waals surface area (Å²) in [6.07, 6.45) is 2.35. The average molecular weight is 387 g/mol. The molecule has 1 heteroatoms. The standard InChI is InChI=1S/C27H27Cl/c1-25(2)16-27(23-11-6-5-10-21(23)25)17-26(3,4)22-13-12-19(15-24(22)27)18-8-7-9-20(28)14-18/h5-15H,16-17H2,1-4H3. The monoisotopic (exact) mass is 386 g/mol. The number of hydrogen-bond acceptors (Lipinski definition) is 0. The van der Waals surface area contributed by atoms with Crippen molar-refractivity contribution in [2.45, 2.75) is 56.8 Å². The molecule has 0 saturated heterocycles. The third-order valence-electron chi connectivity index (χ3n) is 7.08. The SMILES string of the molecule is CC1(C)CC2(CC(C)(C)c3ccc(-c4cccc(Cl)c4)cc32)c2ccccc21. The molecule has 1 atom stereocenters. The number of halogens is 1. The van der Waals surface area contributed by atoms with E-state index in [9.17, 15) is 0 Å². The molecule has 3 aromatic rings. The quantitative estimate of drug-likeness (QED) is 0.402. The van der Waals surface area contributed by atoms with Gasteiger partial charge in [-0.2, -0.15) is 0 Å². The molecule has 1 unspecified atom stereocenters. The van der Waals surface area contributed by atoms with Crippen LogP contribution >= 0.6 is 11.6 Å². The second-order valence-corrected chi connectivity index (χ2v) is 10.5. The molecule has 0 saturated carbocycles. The molecule has 2 aliphatic rings. The van der Waals surface area contributed by atoms with Crippen molar-refractivity contribution in [2.24, 2.45) is 0 Å². The first-order valence-corrected chi connectivity index (χ1v) is 10.6. The lowest BCUT2D eigenvalue weighted by Gasteiger charge is -2.30. The summed E-state index contributed by atoms with van der Waals surface area (Å²) in [6.45, 7) is 9.64. The van der Waals surface area contributed by atoms with Gasteiger partial charge in [0.15, 0.2) is 0 Å². The summed E-state index contributed by atoms with van der Waals surface area (Å²) in [5.74, 6) is 0. The second kappa shape index (κ2) is 5.74. The average Bonchev–Trinajstić information content (AvgIpc) is 3.02. The molecule has 3 aromatic carbocycles. The van der Waals surface area contributed by atoms with E-state index in [1.54, 1.807) is 0 Å². The molecule has 0 bridgehead atoms. The molecule has 0 aliphatic heterocycles. The van der Waals surface area contributed by atoms with Gasteiger partial charge in [0, 0.05) is 10.4 Å². The van der Waals surface area contributed by atoms with Crippen molar-refractivity contribution in [1.29, 1.82) is 0 Å². The third-order valence-corrected chi connectivity index (χ3v) is 7.32. The maximum absolute atomic E-state index is 6.28. The van der Waals surface area contributed by atoms with Gasteiger partial charge in [-0.25, -0.2) is 0 Å². The second-order valence-electron chi connectivity index (χ2n) is 10.0. The Morgan fingerprint density at radius 3 is 1.89 bits per heavy atom. The normalized spacial score (nSPS) is 23.6. The first-order chi connectivity index (χ1) is 13.2. The highest BCUT2D eigenvalue weighted by atomic mass is 35.5. The van der Waals surface area contributed by atoms with Gasteiger partial charge in [0.25, 0.3) is 0 Å². The summed E-state index contributed by atoms with van der Waals surface area (Å²) in [4.78, 5) is 0. The fourth-order valence-corrected chi connectivity index (χ4v) is 6.35. The fourth-order valence-electron chi connectivity index (χ4n) is 6.16. The van der Waals surface area contributed by atoms with E-state index < -0.39 is 0 Å². The first kappa shape index (κ1) is 18.0. The van der Waals surface area contributed by atoms with Crippen molar-refractivity contribution < 1.29 is 0 Å². The van der Waals surface area contributed by atoms with E-state index >= 15 is 0 Å². The van der Waals surface area contributed by atoms with Gasteiger partial charge in [-0.05, 0) is 75.3 Å². The molecule has 1 spiro atoms. The van der Waals surface area contributed by atoms with Crippen LogP contribution in [0.5, 0.6) is 0 Å². The Bertz CT molecular complexity index is 1080. The molecule has 142 valence electrons. The van der Waals surface area contributed by atoms with Crippen LogP contribution in [0.15, 0.2) is 66.7 Å². The van der Waals surface area contributed by atoms with Gasteiger partial charge >= 0.3 is 0 Å². The van der Waals surface area contributed by atoms with Gasteiger partial charge in [0.05, 0.1) is 0 Å². The number of rotatable bonds is 1. The minimum absolute atomic E-state index is 0.105. The van der Waals surface area contributed by atoms with Crippen LogP contribution < -0.4 is 0 Å². The van der Waals surface area contributed by atoms with E-state index in [1.807, 2.05) is 12.1 Å². The van der Waals surface area contributed by atoms with Crippen molar-refractivity contribution in [3.05, 3.63) is 94.0 Å². The fraction of sp³-hybridized carbons (Fsp3) is 0.333. The van der Waals surface area contributed by atoms with Crippen LogP contribution in [0.4, 0.5) is 0 Å². The largest absolute Gasteiger partial charge is 0.0843 e. The number of fused-ring (bicyclic) bond motifs is 4. The summed E-state index contributed by atoms with van der Waals surface area (Å²) in [5.41, 5.74) is 9.02. The van der Waals surface area contributed by atoms with E-state index in [-0.39, 0.29) is 16.2 Å². The van der Waals surface area contributed by atoms with E-state index in [1.165, 1.54) is 46.2 Å². The molecule has 0 amide bonds. The Hall–Kier alpha value is -2.05. The van der Waals surface area contributed by atoms with Crippen molar-refractivity contribution in [3.63, 3.8) is 0 Å². The van der Waals surface area contributed by atoms with E-state index in [4.69, 9.17) is 11.6 Å². The Kier molecular flexibility index (Phi) is 3.69. The lowest BCUT2D eigenvalue weighted by Crippen LogP contribution is -2.26. The molecule has 28 heavy (non-hydrogen) atoms. The van der Waals surface area contributed by atoms with Crippen molar-refractivity contribution >= 4 is 11.6 Å². The Balaban J connectivity index is 1.76. The van der Waals surface area contributed by atoms with Crippen LogP contribution in [0.3, 0.4) is 0 Å². The minimum Gasteiger partial charge on any atom is -0.0843 e. The maximum atomic E-state index is 6.28. The number of hydrogen-bond donors (Lipinski definition) is 0. The van der Waals surface area contributed by atoms with Gasteiger partial charge in [0.1, 0.15) is 0 Å². The molecule has 0 N–H and O–H groups in total. The molecule has 0 radical (unpaired) electrons. The molecular weight excluding hydrogens is 360 g/mol. The highest BCUT2D eigenvalue weighted by molar-refractivity contribution is 6.30. The predicted octanol–water partition coefficient (Wildman–Crippen LogP) is 7.66. The lowest BCUT2D eigenvalue weighted by atomic mass is 9.72. The van der Waals surface area contributed by atoms with Crippen LogP contribution in [-0.4, -0.2) is 0 Å². The van der Waals surface area contributed by atoms with Crippen LogP contribution in [0, 0.1) is 0 Å². The first-order valence-electron chi connectivity index (χ1n) is 10.2. The van der Waals surface area contributed by atoms with Crippen molar-refractivity contribution in [1.82, 2.24) is 0 Å². The van der Waals surface area contributed by atoms with E-state index in [2.05, 4.69) is 82.3 Å². The summed E-state index contributed by atoms with van der Waals surface area (Å²) >= 11 is 6.28. The zero-order valence-corrected chi connectivity index (χ0v) is 17.9. The van der Waals surface area contributed by atoms with Crippen molar-refractivity contribution in [3.8, 4) is 11.1 Å². The van der Waals surface area contributed by atoms with E-state index in [0.29, 0.717) is 0 Å². The topological polar surface area (TPSA) is 0 Å². The number of benzene rings is 3. The van der Waals surface area contributed by atoms with E-state index in [0.717, 1.165) is 5.02 Å². The summed E-state index contributed by atoms with van der Waals surface area (Å²) in [6, 6.07) is 24.4. The Labute approximate surface area is 173 Å². The van der Waals surface area contributed by atoms with Gasteiger partial charge < -0.3 is 0 Å².